The standard InChI is InChI=1S/C31H44BN3O4/c1-28(2,3)37-27(36)23-8-11-25(12-9-23)34-18-14-31(15-19-34)16-20-35(21-17-31)26-13-10-24(22-33-26)32-38-29(4,5)30(6,7)39-32/h8-13,22H,14-21H2,1-7H3. The Hall–Kier alpha value is -2.58. The Balaban J connectivity index is 1.12. The molecule has 1 spiro atoms. The first-order chi connectivity index (χ1) is 18.3. The number of anilines is 2. The molecule has 3 saturated heterocycles. The number of carbonyl (C=O) groups is 1. The van der Waals surface area contributed by atoms with Gasteiger partial charge < -0.3 is 23.8 Å². The Labute approximate surface area is 234 Å². The fourth-order valence-electron chi connectivity index (χ4n) is 5.80. The van der Waals surface area contributed by atoms with Crippen LogP contribution < -0.4 is 15.3 Å². The van der Waals surface area contributed by atoms with E-state index in [0.29, 0.717) is 11.0 Å². The zero-order chi connectivity index (χ0) is 28.1. The van der Waals surface area contributed by atoms with Crippen molar-refractivity contribution < 1.29 is 18.8 Å². The molecular weight excluding hydrogens is 489 g/mol. The van der Waals surface area contributed by atoms with Crippen LogP contribution in [0.15, 0.2) is 42.6 Å². The maximum absolute atomic E-state index is 12.3. The highest BCUT2D eigenvalue weighted by Gasteiger charge is 2.51. The highest BCUT2D eigenvalue weighted by molar-refractivity contribution is 6.62. The normalized spacial score (nSPS) is 22.3. The van der Waals surface area contributed by atoms with Crippen molar-refractivity contribution in [2.75, 3.05) is 36.0 Å². The molecule has 4 heterocycles. The molecule has 0 saturated carbocycles. The Kier molecular flexibility index (Phi) is 7.25. The summed E-state index contributed by atoms with van der Waals surface area (Å²) in [5, 5.41) is 0. The van der Waals surface area contributed by atoms with Gasteiger partial charge in [-0.15, -0.1) is 0 Å². The highest BCUT2D eigenvalue weighted by atomic mass is 16.7. The molecule has 0 atom stereocenters. The van der Waals surface area contributed by atoms with E-state index in [4.69, 9.17) is 19.0 Å². The number of hydrogen-bond donors (Lipinski definition) is 0. The molecule has 0 unspecified atom stereocenters. The summed E-state index contributed by atoms with van der Waals surface area (Å²) in [7, 11) is -0.375. The Bertz CT molecular complexity index is 1140. The fraction of sp³-hybridized carbons (Fsp3) is 0.613. The van der Waals surface area contributed by atoms with E-state index in [0.717, 1.165) is 37.5 Å². The van der Waals surface area contributed by atoms with Gasteiger partial charge in [0.05, 0.1) is 16.8 Å². The van der Waals surface area contributed by atoms with Crippen LogP contribution in [0.4, 0.5) is 11.5 Å². The summed E-state index contributed by atoms with van der Waals surface area (Å²) in [4.78, 5) is 22.0. The Morgan fingerprint density at radius 3 is 1.87 bits per heavy atom. The number of piperidine rings is 2. The minimum absolute atomic E-state index is 0.268. The van der Waals surface area contributed by atoms with Crippen molar-refractivity contribution in [3.63, 3.8) is 0 Å². The average Bonchev–Trinajstić information content (AvgIpc) is 3.11. The third kappa shape index (κ3) is 5.97. The largest absolute Gasteiger partial charge is 0.496 e. The molecule has 39 heavy (non-hydrogen) atoms. The van der Waals surface area contributed by atoms with E-state index in [1.165, 1.54) is 31.4 Å². The van der Waals surface area contributed by atoms with Gasteiger partial charge in [0.2, 0.25) is 0 Å². The second kappa shape index (κ2) is 10.1. The molecule has 7 nitrogen and oxygen atoms in total. The van der Waals surface area contributed by atoms with Crippen molar-refractivity contribution in [3.8, 4) is 0 Å². The van der Waals surface area contributed by atoms with Gasteiger partial charge in [0.15, 0.2) is 0 Å². The number of hydrogen-bond acceptors (Lipinski definition) is 7. The molecule has 1 aromatic heterocycles. The van der Waals surface area contributed by atoms with Crippen LogP contribution in [0.25, 0.3) is 0 Å². The van der Waals surface area contributed by atoms with E-state index in [-0.39, 0.29) is 24.3 Å². The number of aromatic nitrogens is 1. The first-order valence-corrected chi connectivity index (χ1v) is 14.4. The van der Waals surface area contributed by atoms with Crippen molar-refractivity contribution in [3.05, 3.63) is 48.2 Å². The molecule has 210 valence electrons. The summed E-state index contributed by atoms with van der Waals surface area (Å²) in [6.45, 7) is 18.1. The van der Waals surface area contributed by atoms with Gasteiger partial charge in [-0.25, -0.2) is 9.78 Å². The molecule has 2 aromatic rings. The minimum atomic E-state index is -0.486. The summed E-state index contributed by atoms with van der Waals surface area (Å²) >= 11 is 0. The van der Waals surface area contributed by atoms with Crippen LogP contribution in [0.1, 0.15) is 84.5 Å². The van der Waals surface area contributed by atoms with Crippen molar-refractivity contribution >= 4 is 30.1 Å². The lowest BCUT2D eigenvalue weighted by molar-refractivity contribution is 0.00578. The van der Waals surface area contributed by atoms with Crippen LogP contribution in [0.3, 0.4) is 0 Å². The van der Waals surface area contributed by atoms with Crippen LogP contribution in [0.2, 0.25) is 0 Å². The number of ether oxygens (including phenoxy) is 1. The quantitative estimate of drug-likeness (QED) is 0.394. The number of benzene rings is 1. The Morgan fingerprint density at radius 2 is 1.38 bits per heavy atom. The van der Waals surface area contributed by atoms with E-state index in [2.05, 4.69) is 61.8 Å². The first-order valence-electron chi connectivity index (χ1n) is 14.4. The summed E-state index contributed by atoms with van der Waals surface area (Å²) in [5.74, 6) is 0.767. The van der Waals surface area contributed by atoms with E-state index in [1.807, 2.05) is 39.1 Å². The van der Waals surface area contributed by atoms with Crippen LogP contribution in [-0.2, 0) is 14.0 Å². The lowest BCUT2D eigenvalue weighted by Gasteiger charge is -2.47. The summed E-state index contributed by atoms with van der Waals surface area (Å²) in [6.07, 6.45) is 6.69. The number of rotatable bonds is 4. The lowest BCUT2D eigenvalue weighted by Crippen LogP contribution is -2.47. The maximum Gasteiger partial charge on any atom is 0.496 e. The molecule has 8 heteroatoms. The van der Waals surface area contributed by atoms with Crippen LogP contribution in [0, 0.1) is 5.41 Å². The summed E-state index contributed by atoms with van der Waals surface area (Å²) in [6, 6.07) is 12.1. The van der Waals surface area contributed by atoms with Gasteiger partial charge in [-0.3, -0.25) is 0 Å². The predicted molar refractivity (Wildman–Crippen MR) is 157 cm³/mol. The molecule has 0 N–H and O–H groups in total. The monoisotopic (exact) mass is 533 g/mol. The van der Waals surface area contributed by atoms with Gasteiger partial charge in [0.1, 0.15) is 11.4 Å². The average molecular weight is 534 g/mol. The molecule has 3 aliphatic heterocycles. The van der Waals surface area contributed by atoms with E-state index >= 15 is 0 Å². The molecule has 3 fully saturated rings. The number of esters is 1. The van der Waals surface area contributed by atoms with Gasteiger partial charge in [-0.1, -0.05) is 6.07 Å². The molecule has 0 bridgehead atoms. The highest BCUT2D eigenvalue weighted by Crippen LogP contribution is 2.43. The van der Waals surface area contributed by atoms with Gasteiger partial charge >= 0.3 is 13.1 Å². The molecule has 1 aromatic carbocycles. The number of nitrogens with zero attached hydrogens (tertiary/aromatic N) is 3. The van der Waals surface area contributed by atoms with Crippen LogP contribution in [0.5, 0.6) is 0 Å². The number of carbonyl (C=O) groups excluding carboxylic acids is 1. The minimum Gasteiger partial charge on any atom is -0.456 e. The van der Waals surface area contributed by atoms with Crippen molar-refractivity contribution in [1.82, 2.24) is 4.98 Å². The second-order valence-electron chi connectivity index (χ2n) is 13.6. The van der Waals surface area contributed by atoms with Gasteiger partial charge in [0, 0.05) is 43.5 Å². The third-order valence-corrected chi connectivity index (χ3v) is 9.14. The van der Waals surface area contributed by atoms with Crippen molar-refractivity contribution in [2.45, 2.75) is 91.0 Å². The second-order valence-corrected chi connectivity index (χ2v) is 13.6. The van der Waals surface area contributed by atoms with Crippen LogP contribution in [-0.4, -0.2) is 61.1 Å². The van der Waals surface area contributed by atoms with E-state index in [1.54, 1.807) is 0 Å². The Morgan fingerprint density at radius 1 is 0.846 bits per heavy atom. The predicted octanol–water partition coefficient (Wildman–Crippen LogP) is 5.22. The van der Waals surface area contributed by atoms with Crippen molar-refractivity contribution in [1.29, 1.82) is 0 Å². The zero-order valence-corrected chi connectivity index (χ0v) is 24.8. The topological polar surface area (TPSA) is 64.1 Å². The van der Waals surface area contributed by atoms with Gasteiger partial charge in [0.25, 0.3) is 0 Å². The molecule has 0 aliphatic carbocycles. The van der Waals surface area contributed by atoms with Gasteiger partial charge in [-0.05, 0) is 110 Å². The van der Waals surface area contributed by atoms with Crippen molar-refractivity contribution in [2.24, 2.45) is 5.41 Å². The fourth-order valence-corrected chi connectivity index (χ4v) is 5.80. The zero-order valence-electron chi connectivity index (χ0n) is 24.8. The molecule has 0 amide bonds. The summed E-state index contributed by atoms with van der Waals surface area (Å²) < 4.78 is 17.9. The SMILES string of the molecule is CC(C)(C)OC(=O)c1ccc(N2CCC3(CC2)CCN(c2ccc(B4OC(C)(C)C(C)(C)O4)cn2)CC3)cc1. The third-order valence-electron chi connectivity index (χ3n) is 9.14. The molecule has 0 radical (unpaired) electrons. The van der Waals surface area contributed by atoms with E-state index in [9.17, 15) is 4.79 Å². The molecule has 3 aliphatic rings. The van der Waals surface area contributed by atoms with Gasteiger partial charge in [-0.2, -0.15) is 0 Å². The summed E-state index contributed by atoms with van der Waals surface area (Å²) in [5.41, 5.74) is 1.98. The maximum atomic E-state index is 12.3. The molecule has 5 rings (SSSR count). The van der Waals surface area contributed by atoms with Crippen LogP contribution >= 0.6 is 0 Å². The smallest absolute Gasteiger partial charge is 0.456 e. The van der Waals surface area contributed by atoms with E-state index < -0.39 is 5.60 Å². The molecular formula is C31H44BN3O4. The first kappa shape index (κ1) is 28.0. The lowest BCUT2D eigenvalue weighted by atomic mass is 9.71. The number of pyridine rings is 1.